The molecule has 0 spiro atoms. The van der Waals surface area contributed by atoms with Crippen LogP contribution < -0.4 is 0 Å². The Morgan fingerprint density at radius 2 is 0.750 bits per heavy atom. The van der Waals surface area contributed by atoms with E-state index >= 15 is 0 Å². The molecule has 8 aromatic rings. The Labute approximate surface area is 307 Å². The normalized spacial score (nSPS) is 11.3. The fourth-order valence-electron chi connectivity index (χ4n) is 7.70. The van der Waals surface area contributed by atoms with Gasteiger partial charge in [0.15, 0.2) is 0 Å². The lowest BCUT2D eigenvalue weighted by Gasteiger charge is -2.19. The van der Waals surface area contributed by atoms with Crippen molar-refractivity contribution in [2.45, 2.75) is 51.9 Å². The topological polar surface area (TPSA) is 25.8 Å². The van der Waals surface area contributed by atoms with E-state index in [9.17, 15) is 0 Å². The van der Waals surface area contributed by atoms with Gasteiger partial charge in [-0.3, -0.25) is 9.97 Å². The third-order valence-electron chi connectivity index (χ3n) is 10.5. The molecular weight excluding hydrogens is 629 g/mol. The maximum absolute atomic E-state index is 4.22. The van der Waals surface area contributed by atoms with E-state index in [0.717, 1.165) is 6.42 Å². The zero-order chi connectivity index (χ0) is 35.1. The van der Waals surface area contributed by atoms with Crippen molar-refractivity contribution >= 4 is 21.5 Å². The van der Waals surface area contributed by atoms with Gasteiger partial charge in [0.1, 0.15) is 0 Å². The quantitative estimate of drug-likeness (QED) is 0.0953. The smallest absolute Gasteiger partial charge is 0.0273 e. The molecule has 2 heterocycles. The van der Waals surface area contributed by atoms with E-state index in [1.54, 1.807) is 0 Å². The molecule has 6 aromatic carbocycles. The average molecular weight is 673 g/mol. The highest BCUT2D eigenvalue weighted by Gasteiger charge is 2.18. The minimum Gasteiger partial charge on any atom is -0.265 e. The van der Waals surface area contributed by atoms with Crippen LogP contribution in [0.15, 0.2) is 164 Å². The summed E-state index contributed by atoms with van der Waals surface area (Å²) < 4.78 is 0. The first-order valence-corrected chi connectivity index (χ1v) is 18.9. The van der Waals surface area contributed by atoms with Gasteiger partial charge in [-0.05, 0) is 126 Å². The molecule has 2 heteroatoms. The lowest BCUT2D eigenvalue weighted by atomic mass is 9.84. The number of fused-ring (bicyclic) bond motifs is 2. The summed E-state index contributed by atoms with van der Waals surface area (Å²) in [5, 5.41) is 5.03. The number of pyridine rings is 2. The number of hydrogen-bond acceptors (Lipinski definition) is 2. The van der Waals surface area contributed by atoms with Crippen LogP contribution in [0.2, 0.25) is 0 Å². The summed E-state index contributed by atoms with van der Waals surface area (Å²) >= 11 is 0. The highest BCUT2D eigenvalue weighted by Crippen LogP contribution is 2.45. The second-order valence-corrected chi connectivity index (χ2v) is 13.9. The van der Waals surface area contributed by atoms with Gasteiger partial charge in [-0.25, -0.2) is 0 Å². The lowest BCUT2D eigenvalue weighted by molar-refractivity contribution is 0.607. The monoisotopic (exact) mass is 672 g/mol. The first-order valence-electron chi connectivity index (χ1n) is 18.9. The van der Waals surface area contributed by atoms with Crippen molar-refractivity contribution in [3.8, 4) is 55.6 Å². The molecule has 0 aliphatic heterocycles. The molecule has 0 bridgehead atoms. The molecule has 0 amide bonds. The van der Waals surface area contributed by atoms with E-state index in [4.69, 9.17) is 0 Å². The van der Waals surface area contributed by atoms with Crippen LogP contribution in [-0.4, -0.2) is 9.97 Å². The van der Waals surface area contributed by atoms with Crippen LogP contribution in [0.5, 0.6) is 0 Å². The van der Waals surface area contributed by atoms with E-state index in [1.807, 2.05) is 24.8 Å². The van der Waals surface area contributed by atoms with Gasteiger partial charge in [0, 0.05) is 24.8 Å². The fourth-order valence-corrected chi connectivity index (χ4v) is 7.70. The van der Waals surface area contributed by atoms with Gasteiger partial charge in [-0.2, -0.15) is 0 Å². The zero-order valence-electron chi connectivity index (χ0n) is 29.9. The number of unbranched alkanes of at least 4 members (excludes halogenated alkanes) is 5. The lowest BCUT2D eigenvalue weighted by Crippen LogP contribution is -1.92. The Hall–Kier alpha value is -5.86. The Morgan fingerprint density at radius 3 is 1.31 bits per heavy atom. The highest BCUT2D eigenvalue weighted by atomic mass is 14.6. The van der Waals surface area contributed by atoms with Crippen molar-refractivity contribution in [2.24, 2.45) is 0 Å². The molecule has 254 valence electrons. The van der Waals surface area contributed by atoms with Gasteiger partial charge in [-0.15, -0.1) is 0 Å². The largest absolute Gasteiger partial charge is 0.265 e. The third kappa shape index (κ3) is 7.02. The van der Waals surface area contributed by atoms with Crippen LogP contribution in [0, 0.1) is 0 Å². The Balaban J connectivity index is 1.24. The molecule has 8 rings (SSSR count). The van der Waals surface area contributed by atoms with Crippen molar-refractivity contribution in [2.75, 3.05) is 0 Å². The van der Waals surface area contributed by atoms with Gasteiger partial charge in [0.2, 0.25) is 0 Å². The SMILES string of the molecule is CCCCCCCCc1ccc(-c2ccc3c(-c4ccc(-c5ccncc5)cc4)c4ccccc4c(-c4ccc(-c5ccncc5)cc4)c3c2)cc1. The first-order chi connectivity index (χ1) is 25.8. The number of aryl methyl sites for hydroxylation is 1. The molecule has 2 aromatic heterocycles. The van der Waals surface area contributed by atoms with Crippen LogP contribution in [0.4, 0.5) is 0 Å². The van der Waals surface area contributed by atoms with Crippen LogP contribution in [0.1, 0.15) is 51.0 Å². The van der Waals surface area contributed by atoms with E-state index in [0.29, 0.717) is 0 Å². The number of benzene rings is 6. The molecule has 52 heavy (non-hydrogen) atoms. The van der Waals surface area contributed by atoms with Crippen molar-refractivity contribution in [3.63, 3.8) is 0 Å². The second-order valence-electron chi connectivity index (χ2n) is 13.9. The molecule has 0 aliphatic carbocycles. The summed E-state index contributed by atoms with van der Waals surface area (Å²) in [6.45, 7) is 2.28. The molecule has 0 aliphatic rings. The van der Waals surface area contributed by atoms with Gasteiger partial charge >= 0.3 is 0 Å². The Bertz CT molecular complexity index is 2390. The standard InChI is InChI=1S/C50H44N2/c1-2-3-4-5-6-7-10-36-13-15-39(16-14-36)44-25-26-47-48(35-44)50(43-23-19-38(20-24-43)41-29-33-52-34-30-41)46-12-9-8-11-45(46)49(47)42-21-17-37(18-22-42)40-27-31-51-32-28-40/h8-9,11-35H,2-7,10H2,1H3. The molecule has 0 saturated heterocycles. The van der Waals surface area contributed by atoms with Crippen LogP contribution in [0.3, 0.4) is 0 Å². The minimum atomic E-state index is 1.15. The van der Waals surface area contributed by atoms with Gasteiger partial charge in [0.25, 0.3) is 0 Å². The second kappa shape index (κ2) is 15.6. The number of aromatic nitrogens is 2. The zero-order valence-corrected chi connectivity index (χ0v) is 29.9. The molecule has 0 fully saturated rings. The van der Waals surface area contributed by atoms with Gasteiger partial charge in [0.05, 0.1) is 0 Å². The van der Waals surface area contributed by atoms with Gasteiger partial charge in [-0.1, -0.05) is 148 Å². The minimum absolute atomic E-state index is 1.15. The molecule has 0 radical (unpaired) electrons. The molecular formula is C50H44N2. The van der Waals surface area contributed by atoms with Crippen LogP contribution in [-0.2, 0) is 6.42 Å². The van der Waals surface area contributed by atoms with Crippen LogP contribution in [0.25, 0.3) is 77.2 Å². The van der Waals surface area contributed by atoms with Crippen molar-refractivity contribution < 1.29 is 0 Å². The van der Waals surface area contributed by atoms with E-state index in [-0.39, 0.29) is 0 Å². The molecule has 2 nitrogen and oxygen atoms in total. The maximum atomic E-state index is 4.22. The maximum Gasteiger partial charge on any atom is 0.0273 e. The number of hydrogen-bond donors (Lipinski definition) is 0. The molecule has 0 N–H and O–H groups in total. The predicted octanol–water partition coefficient (Wildman–Crippen LogP) is 14.0. The summed E-state index contributed by atoms with van der Waals surface area (Å²) in [5.41, 5.74) is 13.6. The molecule has 0 saturated carbocycles. The van der Waals surface area contributed by atoms with E-state index < -0.39 is 0 Å². The van der Waals surface area contributed by atoms with E-state index in [1.165, 1.54) is 121 Å². The molecule has 0 unspecified atom stereocenters. The summed E-state index contributed by atoms with van der Waals surface area (Å²) in [4.78, 5) is 8.43. The summed E-state index contributed by atoms with van der Waals surface area (Å²) in [6.07, 6.45) is 16.5. The van der Waals surface area contributed by atoms with Crippen molar-refractivity contribution in [1.29, 1.82) is 0 Å². The summed E-state index contributed by atoms with van der Waals surface area (Å²) in [5.74, 6) is 0. The van der Waals surface area contributed by atoms with Crippen LogP contribution >= 0.6 is 0 Å². The van der Waals surface area contributed by atoms with Gasteiger partial charge < -0.3 is 0 Å². The summed E-state index contributed by atoms with van der Waals surface area (Å²) in [6, 6.07) is 51.6. The molecule has 0 atom stereocenters. The number of rotatable bonds is 12. The number of nitrogens with zero attached hydrogens (tertiary/aromatic N) is 2. The van der Waals surface area contributed by atoms with E-state index in [2.05, 4.69) is 156 Å². The third-order valence-corrected chi connectivity index (χ3v) is 10.5. The van der Waals surface area contributed by atoms with Crippen molar-refractivity contribution in [3.05, 3.63) is 170 Å². The summed E-state index contributed by atoms with van der Waals surface area (Å²) in [7, 11) is 0. The average Bonchev–Trinajstić information content (AvgIpc) is 3.22. The fraction of sp³-hybridized carbons (Fsp3) is 0.160. The first kappa shape index (κ1) is 33.3. The van der Waals surface area contributed by atoms with Crippen molar-refractivity contribution in [1.82, 2.24) is 9.97 Å². The Kier molecular flexibility index (Phi) is 9.97. The Morgan fingerprint density at radius 1 is 0.346 bits per heavy atom. The highest BCUT2D eigenvalue weighted by molar-refractivity contribution is 6.22. The predicted molar refractivity (Wildman–Crippen MR) is 221 cm³/mol.